The van der Waals surface area contributed by atoms with Crippen LogP contribution in [0.5, 0.6) is 5.75 Å². The summed E-state index contributed by atoms with van der Waals surface area (Å²) in [5.74, 6) is -0.223. The maximum Gasteiger partial charge on any atom is 0.255 e. The van der Waals surface area contributed by atoms with Crippen molar-refractivity contribution in [3.63, 3.8) is 0 Å². The molecule has 6 nitrogen and oxygen atoms in total. The lowest BCUT2D eigenvalue weighted by Crippen LogP contribution is -2.44. The van der Waals surface area contributed by atoms with Crippen LogP contribution in [0.4, 0.5) is 20.2 Å². The van der Waals surface area contributed by atoms with Crippen LogP contribution >= 0.6 is 11.6 Å². The van der Waals surface area contributed by atoms with Crippen LogP contribution in [0, 0.1) is 11.6 Å². The number of anilines is 2. The summed E-state index contributed by atoms with van der Waals surface area (Å²) in [6.45, 7) is 3.77. The predicted octanol–water partition coefficient (Wildman–Crippen LogP) is 5.04. The third-order valence-electron chi connectivity index (χ3n) is 5.46. The van der Waals surface area contributed by atoms with Crippen LogP contribution in [-0.2, 0) is 0 Å². The summed E-state index contributed by atoms with van der Waals surface area (Å²) in [5.41, 5.74) is 2.37. The van der Waals surface area contributed by atoms with Crippen LogP contribution in [-0.4, -0.2) is 56.4 Å². The van der Waals surface area contributed by atoms with Crippen molar-refractivity contribution in [3.05, 3.63) is 89.5 Å². The molecule has 1 aliphatic heterocycles. The largest absolute Gasteiger partial charge is 0.495 e. The van der Waals surface area contributed by atoms with Crippen LogP contribution in [0.2, 0.25) is 0 Å². The average Bonchev–Trinajstić information content (AvgIpc) is 2.85. The summed E-state index contributed by atoms with van der Waals surface area (Å²) in [6.07, 6.45) is 0. The summed E-state index contributed by atoms with van der Waals surface area (Å²) in [7, 11) is 3.75. The van der Waals surface area contributed by atoms with Gasteiger partial charge < -0.3 is 19.9 Å². The van der Waals surface area contributed by atoms with Crippen LogP contribution in [0.3, 0.4) is 0 Å². The number of ether oxygens (including phenoxy) is 1. The Hall–Kier alpha value is -3.49. The number of halogens is 3. The van der Waals surface area contributed by atoms with Gasteiger partial charge in [0.1, 0.15) is 17.4 Å². The molecule has 0 radical (unpaired) electrons. The minimum absolute atomic E-state index is 0.269. The van der Waals surface area contributed by atoms with Crippen LogP contribution in [0.15, 0.2) is 66.7 Å². The van der Waals surface area contributed by atoms with Crippen molar-refractivity contribution < 1.29 is 23.1 Å². The van der Waals surface area contributed by atoms with Gasteiger partial charge in [-0.25, -0.2) is 8.78 Å². The quantitative estimate of drug-likeness (QED) is 0.496. The first kappa shape index (κ1) is 26.1. The van der Waals surface area contributed by atoms with Crippen molar-refractivity contribution in [2.45, 2.75) is 0 Å². The zero-order chi connectivity index (χ0) is 25.4. The lowest BCUT2D eigenvalue weighted by Gasteiger charge is -2.34. The van der Waals surface area contributed by atoms with Crippen molar-refractivity contribution in [1.29, 1.82) is 0 Å². The third kappa shape index (κ3) is 7.50. The maximum atomic E-state index is 13.0. The normalized spacial score (nSPS) is 13.5. The number of methoxy groups -OCH3 is 1. The first-order valence-corrected chi connectivity index (χ1v) is 11.3. The molecule has 0 aromatic heterocycles. The molecule has 3 aromatic carbocycles. The lowest BCUT2D eigenvalue weighted by atomic mass is 10.2. The summed E-state index contributed by atoms with van der Waals surface area (Å²) in [5, 5.41) is 2.29. The fourth-order valence-corrected chi connectivity index (χ4v) is 3.57. The molecule has 4 rings (SSSR count). The number of hydrogen-bond donors (Lipinski definition) is 1. The van der Waals surface area contributed by atoms with Crippen LogP contribution in [0.1, 0.15) is 20.7 Å². The van der Waals surface area contributed by atoms with E-state index in [0.717, 1.165) is 37.6 Å². The second kappa shape index (κ2) is 12.3. The van der Waals surface area contributed by atoms with E-state index in [2.05, 4.69) is 22.2 Å². The minimum Gasteiger partial charge on any atom is -0.495 e. The minimum atomic E-state index is -0.569. The predicted molar refractivity (Wildman–Crippen MR) is 134 cm³/mol. The van der Waals surface area contributed by atoms with E-state index in [-0.39, 0.29) is 17.5 Å². The van der Waals surface area contributed by atoms with Gasteiger partial charge in [0.2, 0.25) is 0 Å². The number of hydrogen-bond acceptors (Lipinski definition) is 5. The molecule has 1 amide bonds. The Morgan fingerprint density at radius 1 is 0.857 bits per heavy atom. The zero-order valence-corrected chi connectivity index (χ0v) is 20.2. The van der Waals surface area contributed by atoms with Crippen molar-refractivity contribution in [2.75, 3.05) is 50.6 Å². The number of nitrogens with one attached hydrogen (secondary N) is 1. The summed E-state index contributed by atoms with van der Waals surface area (Å²) in [4.78, 5) is 27.3. The lowest BCUT2D eigenvalue weighted by molar-refractivity contribution is 0.102. The van der Waals surface area contributed by atoms with Gasteiger partial charge in [0, 0.05) is 43.0 Å². The van der Waals surface area contributed by atoms with Crippen molar-refractivity contribution in [2.24, 2.45) is 0 Å². The fourth-order valence-electron chi connectivity index (χ4n) is 3.45. The van der Waals surface area contributed by atoms with Crippen molar-refractivity contribution in [1.82, 2.24) is 4.90 Å². The van der Waals surface area contributed by atoms with E-state index < -0.39 is 5.24 Å². The van der Waals surface area contributed by atoms with E-state index in [1.54, 1.807) is 13.2 Å². The number of piperazine rings is 1. The van der Waals surface area contributed by atoms with Gasteiger partial charge in [0.05, 0.1) is 12.8 Å². The smallest absolute Gasteiger partial charge is 0.255 e. The molecule has 0 atom stereocenters. The monoisotopic (exact) mass is 501 g/mol. The molecule has 3 aromatic rings. The van der Waals surface area contributed by atoms with E-state index in [1.807, 2.05) is 12.1 Å². The standard InChI is InChI=1S/C19H22FN3O2.C7H4ClFO/c1-22-9-11-23(12-10-22)17-13-16(7-8-18(17)25-2)21-19(24)14-3-5-15(20)6-4-14;8-7(10)5-1-3-6(9)4-2-5/h3-8,13H,9-12H2,1-2H3,(H,21,24);1-4H. The van der Waals surface area contributed by atoms with Gasteiger partial charge in [0.25, 0.3) is 11.1 Å². The molecule has 0 spiro atoms. The molecule has 35 heavy (non-hydrogen) atoms. The highest BCUT2D eigenvalue weighted by Crippen LogP contribution is 2.32. The molecule has 184 valence electrons. The van der Waals surface area contributed by atoms with Gasteiger partial charge in [-0.05, 0) is 85.4 Å². The first-order chi connectivity index (χ1) is 16.8. The number of likely N-dealkylation sites (N-methyl/N-ethyl adjacent to an activating group) is 1. The molecule has 1 fully saturated rings. The SMILES string of the molecule is COc1ccc(NC(=O)c2ccc(F)cc2)cc1N1CCN(C)CC1.O=C(Cl)c1ccc(F)cc1. The highest BCUT2D eigenvalue weighted by Gasteiger charge is 2.18. The second-order valence-electron chi connectivity index (χ2n) is 7.92. The Labute approximate surface area is 208 Å². The van der Waals surface area contributed by atoms with E-state index in [1.165, 1.54) is 48.5 Å². The van der Waals surface area contributed by atoms with E-state index >= 15 is 0 Å². The van der Waals surface area contributed by atoms with Gasteiger partial charge >= 0.3 is 0 Å². The van der Waals surface area contributed by atoms with Crippen molar-refractivity contribution >= 4 is 34.1 Å². The number of carbonyl (C=O) groups excluding carboxylic acids is 2. The molecule has 1 aliphatic rings. The Kier molecular flexibility index (Phi) is 9.17. The fraction of sp³-hybridized carbons (Fsp3) is 0.231. The Morgan fingerprint density at radius 2 is 1.40 bits per heavy atom. The van der Waals surface area contributed by atoms with Gasteiger partial charge in [-0.15, -0.1) is 0 Å². The molecule has 0 unspecified atom stereocenters. The summed E-state index contributed by atoms with van der Waals surface area (Å²) in [6, 6.07) is 16.1. The Morgan fingerprint density at radius 3 is 1.91 bits per heavy atom. The van der Waals surface area contributed by atoms with E-state index in [9.17, 15) is 18.4 Å². The molecule has 1 N–H and O–H groups in total. The Bertz CT molecular complexity index is 1150. The Balaban J connectivity index is 0.000000287. The van der Waals surface area contributed by atoms with Gasteiger partial charge in [0.15, 0.2) is 0 Å². The molecule has 1 heterocycles. The molecule has 0 aliphatic carbocycles. The highest BCUT2D eigenvalue weighted by molar-refractivity contribution is 6.67. The molecule has 1 saturated heterocycles. The highest BCUT2D eigenvalue weighted by atomic mass is 35.5. The topological polar surface area (TPSA) is 61.9 Å². The molecule has 0 bridgehead atoms. The molecule has 0 saturated carbocycles. The van der Waals surface area contributed by atoms with E-state index in [4.69, 9.17) is 16.3 Å². The number of benzene rings is 3. The van der Waals surface area contributed by atoms with Gasteiger partial charge in [-0.3, -0.25) is 9.59 Å². The van der Waals surface area contributed by atoms with Crippen LogP contribution < -0.4 is 15.0 Å². The average molecular weight is 502 g/mol. The van der Waals surface area contributed by atoms with Crippen molar-refractivity contribution in [3.8, 4) is 5.75 Å². The summed E-state index contributed by atoms with van der Waals surface area (Å²) < 4.78 is 30.7. The molecular weight excluding hydrogens is 476 g/mol. The number of rotatable bonds is 5. The van der Waals surface area contributed by atoms with Gasteiger partial charge in [-0.1, -0.05) is 0 Å². The second-order valence-corrected chi connectivity index (χ2v) is 8.26. The molecule has 9 heteroatoms. The molecular formula is C26H26ClF2N3O3. The number of carbonyl (C=O) groups is 2. The summed E-state index contributed by atoms with van der Waals surface area (Å²) >= 11 is 5.09. The maximum absolute atomic E-state index is 13.0. The first-order valence-electron chi connectivity index (χ1n) is 10.9. The number of amides is 1. The van der Waals surface area contributed by atoms with Gasteiger partial charge in [-0.2, -0.15) is 0 Å². The zero-order valence-electron chi connectivity index (χ0n) is 19.4. The van der Waals surface area contributed by atoms with E-state index in [0.29, 0.717) is 16.8 Å². The van der Waals surface area contributed by atoms with Crippen LogP contribution in [0.25, 0.3) is 0 Å². The third-order valence-corrected chi connectivity index (χ3v) is 5.68. The number of nitrogens with zero attached hydrogens (tertiary/aromatic N) is 2.